The first kappa shape index (κ1) is 15.0. The lowest BCUT2D eigenvalue weighted by Crippen LogP contribution is -2.35. The molecule has 0 radical (unpaired) electrons. The van der Waals surface area contributed by atoms with Gasteiger partial charge in [-0.1, -0.05) is 35.9 Å². The molecule has 0 unspecified atom stereocenters. The molecule has 0 aliphatic carbocycles. The van der Waals surface area contributed by atoms with Gasteiger partial charge in [0, 0.05) is 17.8 Å². The number of carbonyl (C=O) groups is 2. The minimum atomic E-state index is -0.760. The first-order chi connectivity index (χ1) is 10.1. The van der Waals surface area contributed by atoms with Crippen molar-refractivity contribution in [1.29, 1.82) is 0 Å². The smallest absolute Gasteiger partial charge is 0.314 e. The summed E-state index contributed by atoms with van der Waals surface area (Å²) in [7, 11) is 0. The summed E-state index contributed by atoms with van der Waals surface area (Å²) in [4.78, 5) is 27.5. The zero-order valence-corrected chi connectivity index (χ0v) is 12.1. The number of pyridine rings is 1. The highest BCUT2D eigenvalue weighted by atomic mass is 35.5. The highest BCUT2D eigenvalue weighted by molar-refractivity contribution is 6.39. The van der Waals surface area contributed by atoms with E-state index in [4.69, 9.17) is 11.6 Å². The van der Waals surface area contributed by atoms with Crippen LogP contribution in [0.15, 0.2) is 42.6 Å². The Labute approximate surface area is 127 Å². The maximum atomic E-state index is 11.8. The van der Waals surface area contributed by atoms with Crippen molar-refractivity contribution < 1.29 is 9.59 Å². The Morgan fingerprint density at radius 2 is 1.90 bits per heavy atom. The summed E-state index contributed by atoms with van der Waals surface area (Å²) in [6.07, 6.45) is 1.55. The summed E-state index contributed by atoms with van der Waals surface area (Å²) in [5.41, 5.74) is 1.53. The van der Waals surface area contributed by atoms with Crippen molar-refractivity contribution in [2.24, 2.45) is 0 Å². The SMILES string of the molecule is Cc1cccnc1NC(=O)C(=O)NCc1ccccc1Cl. The molecule has 2 rings (SSSR count). The van der Waals surface area contributed by atoms with E-state index in [1.54, 1.807) is 43.5 Å². The van der Waals surface area contributed by atoms with Crippen LogP contribution < -0.4 is 10.6 Å². The molecular weight excluding hydrogens is 290 g/mol. The average Bonchev–Trinajstić information content (AvgIpc) is 2.48. The zero-order valence-electron chi connectivity index (χ0n) is 11.4. The maximum Gasteiger partial charge on any atom is 0.314 e. The minimum Gasteiger partial charge on any atom is -0.344 e. The van der Waals surface area contributed by atoms with E-state index >= 15 is 0 Å². The molecule has 0 bridgehead atoms. The number of rotatable bonds is 3. The van der Waals surface area contributed by atoms with Crippen LogP contribution in [0.4, 0.5) is 5.82 Å². The van der Waals surface area contributed by atoms with Gasteiger partial charge >= 0.3 is 11.8 Å². The molecule has 21 heavy (non-hydrogen) atoms. The fourth-order valence-corrected chi connectivity index (χ4v) is 1.88. The second kappa shape index (κ2) is 6.85. The molecule has 5 nitrogen and oxygen atoms in total. The van der Waals surface area contributed by atoms with Crippen molar-refractivity contribution in [3.63, 3.8) is 0 Å². The van der Waals surface area contributed by atoms with E-state index in [0.29, 0.717) is 10.8 Å². The van der Waals surface area contributed by atoms with Crippen molar-refractivity contribution >= 4 is 29.2 Å². The Hall–Kier alpha value is -2.40. The second-order valence-corrected chi connectivity index (χ2v) is 4.80. The molecule has 2 N–H and O–H groups in total. The third-order valence-corrected chi connectivity index (χ3v) is 3.21. The molecule has 0 spiro atoms. The van der Waals surface area contributed by atoms with Gasteiger partial charge in [0.15, 0.2) is 0 Å². The van der Waals surface area contributed by atoms with Gasteiger partial charge in [0.1, 0.15) is 5.82 Å². The Bertz CT molecular complexity index is 673. The van der Waals surface area contributed by atoms with Crippen molar-refractivity contribution in [1.82, 2.24) is 10.3 Å². The van der Waals surface area contributed by atoms with E-state index in [-0.39, 0.29) is 6.54 Å². The van der Waals surface area contributed by atoms with Crippen LogP contribution in [0.25, 0.3) is 0 Å². The first-order valence-electron chi connectivity index (χ1n) is 6.32. The lowest BCUT2D eigenvalue weighted by Gasteiger charge is -2.08. The molecular formula is C15H14ClN3O2. The highest BCUT2D eigenvalue weighted by Crippen LogP contribution is 2.14. The monoisotopic (exact) mass is 303 g/mol. The van der Waals surface area contributed by atoms with Crippen LogP contribution in [-0.4, -0.2) is 16.8 Å². The summed E-state index contributed by atoms with van der Waals surface area (Å²) in [6, 6.07) is 10.7. The number of hydrogen-bond donors (Lipinski definition) is 2. The predicted molar refractivity (Wildman–Crippen MR) is 80.9 cm³/mol. The van der Waals surface area contributed by atoms with Crippen LogP contribution in [-0.2, 0) is 16.1 Å². The molecule has 0 atom stereocenters. The van der Waals surface area contributed by atoms with Crippen LogP contribution in [0.2, 0.25) is 5.02 Å². The van der Waals surface area contributed by atoms with Gasteiger partial charge in [-0.3, -0.25) is 9.59 Å². The van der Waals surface area contributed by atoms with Gasteiger partial charge in [0.05, 0.1) is 0 Å². The second-order valence-electron chi connectivity index (χ2n) is 4.40. The van der Waals surface area contributed by atoms with E-state index in [0.717, 1.165) is 11.1 Å². The maximum absolute atomic E-state index is 11.8. The number of benzene rings is 1. The molecule has 0 aliphatic heterocycles. The molecule has 0 fully saturated rings. The van der Waals surface area contributed by atoms with Gasteiger partial charge in [-0.15, -0.1) is 0 Å². The quantitative estimate of drug-likeness (QED) is 0.855. The average molecular weight is 304 g/mol. The highest BCUT2D eigenvalue weighted by Gasteiger charge is 2.15. The van der Waals surface area contributed by atoms with Gasteiger partial charge in [-0.25, -0.2) is 4.98 Å². The number of carbonyl (C=O) groups excluding carboxylic acids is 2. The van der Waals surface area contributed by atoms with Crippen molar-refractivity contribution in [3.05, 3.63) is 58.7 Å². The van der Waals surface area contributed by atoms with Crippen LogP contribution in [0.5, 0.6) is 0 Å². The number of aryl methyl sites for hydroxylation is 1. The topological polar surface area (TPSA) is 71.1 Å². The third-order valence-electron chi connectivity index (χ3n) is 2.84. The van der Waals surface area contributed by atoms with Crippen molar-refractivity contribution in [3.8, 4) is 0 Å². The Morgan fingerprint density at radius 3 is 2.62 bits per heavy atom. The number of nitrogens with one attached hydrogen (secondary N) is 2. The van der Waals surface area contributed by atoms with E-state index in [1.807, 2.05) is 6.07 Å². The predicted octanol–water partition coefficient (Wildman–Crippen LogP) is 2.30. The number of amides is 2. The standard InChI is InChI=1S/C15H14ClN3O2/c1-10-5-4-8-17-13(10)19-15(21)14(20)18-9-11-6-2-3-7-12(11)16/h2-8H,9H2,1H3,(H,18,20)(H,17,19,21). The summed E-state index contributed by atoms with van der Waals surface area (Å²) in [5.74, 6) is -1.13. The molecule has 2 aromatic rings. The van der Waals surface area contributed by atoms with Crippen LogP contribution in [0.1, 0.15) is 11.1 Å². The molecule has 1 heterocycles. The molecule has 2 amide bonds. The molecule has 0 aliphatic rings. The summed E-state index contributed by atoms with van der Waals surface area (Å²) < 4.78 is 0. The number of aromatic nitrogens is 1. The van der Waals surface area contributed by atoms with Crippen LogP contribution in [0, 0.1) is 6.92 Å². The van der Waals surface area contributed by atoms with E-state index in [9.17, 15) is 9.59 Å². The Kier molecular flexibility index (Phi) is 4.90. The molecule has 1 aromatic carbocycles. The summed E-state index contributed by atoms with van der Waals surface area (Å²) >= 11 is 5.98. The molecule has 0 saturated carbocycles. The van der Waals surface area contributed by atoms with Crippen LogP contribution >= 0.6 is 11.6 Å². The molecule has 6 heteroatoms. The number of nitrogens with zero attached hydrogens (tertiary/aromatic N) is 1. The number of halogens is 1. The zero-order chi connectivity index (χ0) is 15.2. The Balaban J connectivity index is 1.93. The molecule has 1 aromatic heterocycles. The van der Waals surface area contributed by atoms with Crippen LogP contribution in [0.3, 0.4) is 0 Å². The largest absolute Gasteiger partial charge is 0.344 e. The van der Waals surface area contributed by atoms with Gasteiger partial charge in [0.2, 0.25) is 0 Å². The van der Waals surface area contributed by atoms with Gasteiger partial charge < -0.3 is 10.6 Å². The summed E-state index contributed by atoms with van der Waals surface area (Å²) in [5, 5.41) is 5.52. The Morgan fingerprint density at radius 1 is 1.14 bits per heavy atom. The van der Waals surface area contributed by atoms with E-state index < -0.39 is 11.8 Å². The normalized spacial score (nSPS) is 10.0. The van der Waals surface area contributed by atoms with Crippen molar-refractivity contribution in [2.75, 3.05) is 5.32 Å². The lowest BCUT2D eigenvalue weighted by atomic mass is 10.2. The van der Waals surface area contributed by atoms with Crippen molar-refractivity contribution in [2.45, 2.75) is 13.5 Å². The minimum absolute atomic E-state index is 0.188. The fraction of sp³-hybridized carbons (Fsp3) is 0.133. The van der Waals surface area contributed by atoms with E-state index in [2.05, 4.69) is 15.6 Å². The first-order valence-corrected chi connectivity index (χ1v) is 6.70. The molecule has 108 valence electrons. The fourth-order valence-electron chi connectivity index (χ4n) is 1.68. The third kappa shape index (κ3) is 4.03. The number of hydrogen-bond acceptors (Lipinski definition) is 3. The number of anilines is 1. The van der Waals surface area contributed by atoms with Gasteiger partial charge in [-0.05, 0) is 30.2 Å². The summed E-state index contributed by atoms with van der Waals surface area (Å²) in [6.45, 7) is 1.98. The van der Waals surface area contributed by atoms with Gasteiger partial charge in [-0.2, -0.15) is 0 Å². The van der Waals surface area contributed by atoms with E-state index in [1.165, 1.54) is 0 Å². The molecule has 0 saturated heterocycles. The van der Waals surface area contributed by atoms with Gasteiger partial charge in [0.25, 0.3) is 0 Å². The lowest BCUT2D eigenvalue weighted by molar-refractivity contribution is -0.136.